The fourth-order valence-electron chi connectivity index (χ4n) is 4.89. The van der Waals surface area contributed by atoms with E-state index in [1.165, 1.54) is 0 Å². The summed E-state index contributed by atoms with van der Waals surface area (Å²) in [6, 6.07) is 1.81. The van der Waals surface area contributed by atoms with Crippen LogP contribution < -0.4 is 9.47 Å². The standard InChI is InChI=1S/C26H34N8O3/c1-7-36-25-18-8-9-20-19-10-21(27-11-22(19)29-28-20)24-17(4)30-33(6)26(24)37-16(3)12-32(5)13-23(18)34(31-25)15(2)14-35/h8-11,15-16,35H,7,12-14H2,1-6H3,(H,28,29)/b9-8+/t15-,16+/m0/s1. The molecule has 2 N–H and O–H groups in total. The van der Waals surface area contributed by atoms with Crippen molar-refractivity contribution in [3.8, 4) is 23.0 Å². The van der Waals surface area contributed by atoms with E-state index >= 15 is 0 Å². The minimum atomic E-state index is -0.208. The molecule has 2 atom stereocenters. The van der Waals surface area contributed by atoms with Crippen LogP contribution in [0, 0.1) is 6.92 Å². The molecule has 5 rings (SSSR count). The van der Waals surface area contributed by atoms with Gasteiger partial charge in [-0.15, -0.1) is 5.10 Å². The molecule has 5 heterocycles. The van der Waals surface area contributed by atoms with E-state index < -0.39 is 0 Å². The van der Waals surface area contributed by atoms with Gasteiger partial charge in [0, 0.05) is 25.5 Å². The zero-order chi connectivity index (χ0) is 26.3. The monoisotopic (exact) mass is 506 g/mol. The van der Waals surface area contributed by atoms with E-state index in [0.29, 0.717) is 31.5 Å². The van der Waals surface area contributed by atoms with Gasteiger partial charge in [0.25, 0.3) is 0 Å². The summed E-state index contributed by atoms with van der Waals surface area (Å²) in [4.78, 5) is 6.88. The number of aromatic amines is 1. The van der Waals surface area contributed by atoms with Crippen molar-refractivity contribution in [3.05, 3.63) is 34.9 Å². The third-order valence-electron chi connectivity index (χ3n) is 6.59. The Kier molecular flexibility index (Phi) is 6.74. The lowest BCUT2D eigenvalue weighted by Crippen LogP contribution is -2.32. The van der Waals surface area contributed by atoms with Gasteiger partial charge in [-0.1, -0.05) is 0 Å². The number of aliphatic hydroxyl groups is 1. The first-order valence-electron chi connectivity index (χ1n) is 12.6. The SMILES string of the molecule is CCOc1nn([C@@H](C)CO)c2c1/C=C/c1n[nH]c3cnc(cc13)-c1c(C)nn(C)c1O[C@H](C)CN(C)C2. The smallest absolute Gasteiger partial charge is 0.240 e. The lowest BCUT2D eigenvalue weighted by atomic mass is 10.1. The van der Waals surface area contributed by atoms with Crippen molar-refractivity contribution in [3.63, 3.8) is 0 Å². The Balaban J connectivity index is 1.72. The van der Waals surface area contributed by atoms with Gasteiger partial charge in [-0.05, 0) is 53.0 Å². The number of rotatable bonds is 4. The van der Waals surface area contributed by atoms with E-state index in [1.54, 1.807) is 10.9 Å². The number of aliphatic hydroxyl groups excluding tert-OH is 1. The van der Waals surface area contributed by atoms with Gasteiger partial charge in [0.05, 0.1) is 64.9 Å². The number of fused-ring (bicyclic) bond motifs is 4. The Morgan fingerprint density at radius 2 is 2.08 bits per heavy atom. The molecule has 11 heteroatoms. The van der Waals surface area contributed by atoms with Crippen LogP contribution in [0.4, 0.5) is 0 Å². The number of hydrogen-bond donors (Lipinski definition) is 2. The quantitative estimate of drug-likeness (QED) is 0.433. The lowest BCUT2D eigenvalue weighted by molar-refractivity contribution is 0.145. The number of nitrogens with zero attached hydrogens (tertiary/aromatic N) is 7. The Labute approximate surface area is 215 Å². The highest BCUT2D eigenvalue weighted by atomic mass is 16.5. The highest BCUT2D eigenvalue weighted by Crippen LogP contribution is 2.35. The summed E-state index contributed by atoms with van der Waals surface area (Å²) in [5.41, 5.74) is 5.92. The molecular weight excluding hydrogens is 472 g/mol. The lowest BCUT2D eigenvalue weighted by Gasteiger charge is -2.24. The fourth-order valence-corrected chi connectivity index (χ4v) is 4.89. The van der Waals surface area contributed by atoms with Crippen LogP contribution in [0.1, 0.15) is 49.5 Å². The van der Waals surface area contributed by atoms with Crippen LogP contribution in [-0.2, 0) is 13.6 Å². The molecule has 4 aromatic rings. The molecule has 1 aliphatic rings. The van der Waals surface area contributed by atoms with Crippen molar-refractivity contribution in [2.75, 3.05) is 26.8 Å². The molecule has 2 bridgehead atoms. The third-order valence-corrected chi connectivity index (χ3v) is 6.59. The normalized spacial score (nSPS) is 18.1. The van der Waals surface area contributed by atoms with E-state index in [1.807, 2.05) is 64.7 Å². The number of H-pyrrole nitrogens is 1. The highest BCUT2D eigenvalue weighted by Gasteiger charge is 2.25. The van der Waals surface area contributed by atoms with Gasteiger partial charge in [0.1, 0.15) is 6.10 Å². The molecule has 0 saturated carbocycles. The molecule has 0 fully saturated rings. The highest BCUT2D eigenvalue weighted by molar-refractivity contribution is 5.92. The van der Waals surface area contributed by atoms with E-state index in [-0.39, 0.29) is 18.8 Å². The number of pyridine rings is 1. The van der Waals surface area contributed by atoms with Gasteiger partial charge in [-0.3, -0.25) is 19.7 Å². The topological polar surface area (TPSA) is 119 Å². The molecule has 0 spiro atoms. The first-order chi connectivity index (χ1) is 17.8. The minimum Gasteiger partial charge on any atom is -0.476 e. The first-order valence-corrected chi connectivity index (χ1v) is 12.6. The predicted molar refractivity (Wildman–Crippen MR) is 141 cm³/mol. The number of ether oxygens (including phenoxy) is 2. The van der Waals surface area contributed by atoms with Gasteiger partial charge < -0.3 is 14.6 Å². The van der Waals surface area contributed by atoms with Gasteiger partial charge in [0.15, 0.2) is 0 Å². The summed E-state index contributed by atoms with van der Waals surface area (Å²) in [7, 11) is 3.93. The predicted octanol–water partition coefficient (Wildman–Crippen LogP) is 3.20. The summed E-state index contributed by atoms with van der Waals surface area (Å²) in [5, 5.41) is 27.8. The van der Waals surface area contributed by atoms with Crippen molar-refractivity contribution in [2.24, 2.45) is 7.05 Å². The van der Waals surface area contributed by atoms with E-state index in [4.69, 9.17) is 19.6 Å². The van der Waals surface area contributed by atoms with Crippen LogP contribution in [-0.4, -0.2) is 77.7 Å². The average molecular weight is 507 g/mol. The van der Waals surface area contributed by atoms with Crippen molar-refractivity contribution in [1.29, 1.82) is 0 Å². The molecule has 0 saturated heterocycles. The summed E-state index contributed by atoms with van der Waals surface area (Å²) < 4.78 is 16.0. The van der Waals surface area contributed by atoms with Crippen LogP contribution >= 0.6 is 0 Å². The molecule has 196 valence electrons. The molecule has 0 amide bonds. The molecule has 0 unspecified atom stereocenters. The molecule has 0 aromatic carbocycles. The molecule has 11 nitrogen and oxygen atoms in total. The summed E-state index contributed by atoms with van der Waals surface area (Å²) in [5.74, 6) is 1.21. The van der Waals surface area contributed by atoms with Crippen LogP contribution in [0.2, 0.25) is 0 Å². The van der Waals surface area contributed by atoms with Gasteiger partial charge in [-0.2, -0.15) is 10.2 Å². The van der Waals surface area contributed by atoms with Crippen molar-refractivity contribution in [2.45, 2.75) is 46.4 Å². The van der Waals surface area contributed by atoms with Crippen molar-refractivity contribution in [1.82, 2.24) is 39.6 Å². The van der Waals surface area contributed by atoms with Crippen LogP contribution in [0.25, 0.3) is 34.3 Å². The largest absolute Gasteiger partial charge is 0.476 e. The summed E-state index contributed by atoms with van der Waals surface area (Å²) in [6.45, 7) is 9.58. The van der Waals surface area contributed by atoms with E-state index in [0.717, 1.165) is 44.8 Å². The Morgan fingerprint density at radius 3 is 2.84 bits per heavy atom. The maximum absolute atomic E-state index is 9.94. The van der Waals surface area contributed by atoms with E-state index in [9.17, 15) is 5.11 Å². The zero-order valence-electron chi connectivity index (χ0n) is 22.2. The van der Waals surface area contributed by atoms with Crippen LogP contribution in [0.3, 0.4) is 0 Å². The summed E-state index contributed by atoms with van der Waals surface area (Å²) in [6.07, 6.45) is 5.62. The second-order valence-corrected chi connectivity index (χ2v) is 9.65. The van der Waals surface area contributed by atoms with Gasteiger partial charge in [-0.25, -0.2) is 4.68 Å². The van der Waals surface area contributed by atoms with Gasteiger partial charge >= 0.3 is 0 Å². The zero-order valence-corrected chi connectivity index (χ0v) is 22.2. The minimum absolute atomic E-state index is 0.0327. The van der Waals surface area contributed by atoms with Crippen molar-refractivity contribution < 1.29 is 14.6 Å². The second-order valence-electron chi connectivity index (χ2n) is 9.65. The number of aromatic nitrogens is 7. The first kappa shape index (κ1) is 25.0. The molecule has 1 aliphatic heterocycles. The van der Waals surface area contributed by atoms with Crippen molar-refractivity contribution >= 4 is 23.1 Å². The maximum atomic E-state index is 9.94. The maximum Gasteiger partial charge on any atom is 0.240 e. The molecular formula is C26H34N8O3. The van der Waals surface area contributed by atoms with Crippen LogP contribution in [0.15, 0.2) is 12.3 Å². The average Bonchev–Trinajstić information content (AvgIpc) is 3.50. The number of nitrogens with one attached hydrogen (secondary N) is 1. The molecule has 4 aromatic heterocycles. The third kappa shape index (κ3) is 4.60. The number of likely N-dealkylation sites (N-methyl/N-ethyl adjacent to an activating group) is 1. The molecule has 0 aliphatic carbocycles. The van der Waals surface area contributed by atoms with E-state index in [2.05, 4.69) is 20.2 Å². The summed E-state index contributed by atoms with van der Waals surface area (Å²) >= 11 is 0. The Hall–Kier alpha value is -3.70. The number of hydrogen-bond acceptors (Lipinski definition) is 8. The Bertz CT molecular complexity index is 1450. The molecule has 0 radical (unpaired) electrons. The second kappa shape index (κ2) is 9.98. The number of aryl methyl sites for hydroxylation is 2. The van der Waals surface area contributed by atoms with Gasteiger partial charge in [0.2, 0.25) is 11.8 Å². The fraction of sp³-hybridized carbons (Fsp3) is 0.462. The molecule has 37 heavy (non-hydrogen) atoms. The van der Waals surface area contributed by atoms with Crippen LogP contribution in [0.5, 0.6) is 11.8 Å². The Morgan fingerprint density at radius 1 is 1.27 bits per heavy atom.